The standard InChI is InChI=1S/C9H14N2O3/c1-10-3-4-11(9(10)12)7-14-8-2-5-13-6-8/h3-4,8H,2,5-7H2,1H3. The summed E-state index contributed by atoms with van der Waals surface area (Å²) < 4.78 is 13.7. The Morgan fingerprint density at radius 1 is 1.64 bits per heavy atom. The highest BCUT2D eigenvalue weighted by Gasteiger charge is 2.16. The van der Waals surface area contributed by atoms with Gasteiger partial charge in [-0.05, 0) is 6.42 Å². The fourth-order valence-corrected chi connectivity index (χ4v) is 1.44. The van der Waals surface area contributed by atoms with Crippen molar-refractivity contribution in [2.45, 2.75) is 19.3 Å². The van der Waals surface area contributed by atoms with Crippen LogP contribution in [0.1, 0.15) is 6.42 Å². The van der Waals surface area contributed by atoms with Crippen LogP contribution in [0.4, 0.5) is 0 Å². The topological polar surface area (TPSA) is 45.4 Å². The Morgan fingerprint density at radius 2 is 2.50 bits per heavy atom. The third-order valence-electron chi connectivity index (χ3n) is 2.35. The highest BCUT2D eigenvalue weighted by Crippen LogP contribution is 2.08. The molecule has 1 aromatic rings. The van der Waals surface area contributed by atoms with Crippen molar-refractivity contribution in [3.8, 4) is 0 Å². The van der Waals surface area contributed by atoms with Crippen LogP contribution < -0.4 is 5.69 Å². The van der Waals surface area contributed by atoms with Crippen molar-refractivity contribution >= 4 is 0 Å². The maximum atomic E-state index is 11.4. The Balaban J connectivity index is 1.91. The van der Waals surface area contributed by atoms with E-state index in [2.05, 4.69) is 0 Å². The molecule has 1 fully saturated rings. The number of hydrogen-bond acceptors (Lipinski definition) is 3. The summed E-state index contributed by atoms with van der Waals surface area (Å²) in [6.45, 7) is 1.71. The summed E-state index contributed by atoms with van der Waals surface area (Å²) in [5, 5.41) is 0. The van der Waals surface area contributed by atoms with Gasteiger partial charge in [0.25, 0.3) is 0 Å². The van der Waals surface area contributed by atoms with E-state index >= 15 is 0 Å². The summed E-state index contributed by atoms with van der Waals surface area (Å²) in [6.07, 6.45) is 4.50. The molecule has 1 aliphatic rings. The highest BCUT2D eigenvalue weighted by molar-refractivity contribution is 4.78. The van der Waals surface area contributed by atoms with Crippen LogP contribution in [0, 0.1) is 0 Å². The van der Waals surface area contributed by atoms with E-state index in [1.807, 2.05) is 0 Å². The zero-order chi connectivity index (χ0) is 9.97. The summed E-state index contributed by atoms with van der Waals surface area (Å²) in [7, 11) is 1.72. The average molecular weight is 198 g/mol. The molecule has 5 nitrogen and oxygen atoms in total. The van der Waals surface area contributed by atoms with Gasteiger partial charge in [0.05, 0.1) is 12.7 Å². The number of aromatic nitrogens is 2. The van der Waals surface area contributed by atoms with Gasteiger partial charge in [0.15, 0.2) is 0 Å². The van der Waals surface area contributed by atoms with Gasteiger partial charge >= 0.3 is 5.69 Å². The lowest BCUT2D eigenvalue weighted by molar-refractivity contribution is 0.000364. The zero-order valence-electron chi connectivity index (χ0n) is 8.18. The second-order valence-corrected chi connectivity index (χ2v) is 3.44. The number of ether oxygens (including phenoxy) is 2. The van der Waals surface area contributed by atoms with Crippen LogP contribution in [0.25, 0.3) is 0 Å². The van der Waals surface area contributed by atoms with Crippen molar-refractivity contribution in [2.24, 2.45) is 7.05 Å². The summed E-state index contributed by atoms with van der Waals surface area (Å²) in [6, 6.07) is 0. The molecule has 2 rings (SSSR count). The fraction of sp³-hybridized carbons (Fsp3) is 0.667. The summed E-state index contributed by atoms with van der Waals surface area (Å²) in [5.41, 5.74) is -0.0519. The minimum absolute atomic E-state index is 0.0519. The third-order valence-corrected chi connectivity index (χ3v) is 2.35. The van der Waals surface area contributed by atoms with E-state index in [0.717, 1.165) is 13.0 Å². The molecule has 5 heteroatoms. The number of hydrogen-bond donors (Lipinski definition) is 0. The van der Waals surface area contributed by atoms with Crippen LogP contribution in [-0.4, -0.2) is 28.5 Å². The van der Waals surface area contributed by atoms with Gasteiger partial charge < -0.3 is 14.0 Å². The van der Waals surface area contributed by atoms with Crippen molar-refractivity contribution in [1.82, 2.24) is 9.13 Å². The molecule has 0 bridgehead atoms. The average Bonchev–Trinajstić information content (AvgIpc) is 2.77. The quantitative estimate of drug-likeness (QED) is 0.684. The van der Waals surface area contributed by atoms with Crippen LogP contribution in [0.15, 0.2) is 17.2 Å². The normalized spacial score (nSPS) is 21.6. The zero-order valence-corrected chi connectivity index (χ0v) is 8.18. The summed E-state index contributed by atoms with van der Waals surface area (Å²) >= 11 is 0. The van der Waals surface area contributed by atoms with Gasteiger partial charge in [0.2, 0.25) is 0 Å². The molecule has 0 saturated carbocycles. The second-order valence-electron chi connectivity index (χ2n) is 3.44. The Kier molecular flexibility index (Phi) is 2.69. The molecule has 78 valence electrons. The molecular weight excluding hydrogens is 184 g/mol. The van der Waals surface area contributed by atoms with Crippen molar-refractivity contribution in [1.29, 1.82) is 0 Å². The number of imidazole rings is 1. The van der Waals surface area contributed by atoms with Crippen molar-refractivity contribution in [3.05, 3.63) is 22.9 Å². The van der Waals surface area contributed by atoms with Gasteiger partial charge in [0, 0.05) is 26.0 Å². The van der Waals surface area contributed by atoms with Crippen LogP contribution in [0.2, 0.25) is 0 Å². The lowest BCUT2D eigenvalue weighted by atomic mass is 10.3. The van der Waals surface area contributed by atoms with Gasteiger partial charge in [0.1, 0.15) is 6.73 Å². The Bertz CT molecular complexity index is 349. The predicted octanol–water partition coefficient (Wildman–Crippen LogP) is -0.0502. The lowest BCUT2D eigenvalue weighted by Crippen LogP contribution is -2.25. The maximum absolute atomic E-state index is 11.4. The first-order chi connectivity index (χ1) is 6.77. The van der Waals surface area contributed by atoms with E-state index in [1.165, 1.54) is 4.57 Å². The number of nitrogens with zero attached hydrogens (tertiary/aromatic N) is 2. The van der Waals surface area contributed by atoms with E-state index in [-0.39, 0.29) is 11.8 Å². The third kappa shape index (κ3) is 1.88. The predicted molar refractivity (Wildman–Crippen MR) is 50.0 cm³/mol. The molecule has 0 aromatic carbocycles. The molecular formula is C9H14N2O3. The van der Waals surface area contributed by atoms with Gasteiger partial charge in [-0.15, -0.1) is 0 Å². The lowest BCUT2D eigenvalue weighted by Gasteiger charge is -2.09. The molecule has 0 radical (unpaired) electrons. The number of rotatable bonds is 3. The van der Waals surface area contributed by atoms with E-state index in [9.17, 15) is 4.79 Å². The van der Waals surface area contributed by atoms with Crippen molar-refractivity contribution < 1.29 is 9.47 Å². The smallest absolute Gasteiger partial charge is 0.329 e. The molecule has 1 atom stereocenters. The van der Waals surface area contributed by atoms with Crippen LogP contribution in [0.5, 0.6) is 0 Å². The molecule has 2 heterocycles. The minimum atomic E-state index is -0.0519. The van der Waals surface area contributed by atoms with Crippen LogP contribution >= 0.6 is 0 Å². The highest BCUT2D eigenvalue weighted by atomic mass is 16.5. The number of aryl methyl sites for hydroxylation is 1. The molecule has 1 aliphatic heterocycles. The van der Waals surface area contributed by atoms with E-state index in [4.69, 9.17) is 9.47 Å². The second kappa shape index (κ2) is 3.98. The Labute approximate surface area is 81.9 Å². The fourth-order valence-electron chi connectivity index (χ4n) is 1.44. The molecule has 0 N–H and O–H groups in total. The molecule has 0 spiro atoms. The summed E-state index contributed by atoms with van der Waals surface area (Å²) in [4.78, 5) is 11.4. The Morgan fingerprint density at radius 3 is 3.07 bits per heavy atom. The van der Waals surface area contributed by atoms with Crippen LogP contribution in [0.3, 0.4) is 0 Å². The Hall–Kier alpha value is -1.07. The van der Waals surface area contributed by atoms with Gasteiger partial charge in [-0.3, -0.25) is 4.57 Å². The van der Waals surface area contributed by atoms with Crippen molar-refractivity contribution in [2.75, 3.05) is 13.2 Å². The molecule has 0 aliphatic carbocycles. The van der Waals surface area contributed by atoms with Gasteiger partial charge in [-0.1, -0.05) is 0 Å². The molecule has 1 unspecified atom stereocenters. The minimum Gasteiger partial charge on any atom is -0.379 e. The van der Waals surface area contributed by atoms with Crippen molar-refractivity contribution in [3.63, 3.8) is 0 Å². The first-order valence-electron chi connectivity index (χ1n) is 4.68. The largest absolute Gasteiger partial charge is 0.379 e. The SMILES string of the molecule is Cn1ccn(COC2CCOC2)c1=O. The van der Waals surface area contributed by atoms with E-state index in [0.29, 0.717) is 13.3 Å². The first-order valence-corrected chi connectivity index (χ1v) is 4.68. The maximum Gasteiger partial charge on any atom is 0.329 e. The van der Waals surface area contributed by atoms with E-state index < -0.39 is 0 Å². The molecule has 0 amide bonds. The first kappa shape index (κ1) is 9.48. The van der Waals surface area contributed by atoms with E-state index in [1.54, 1.807) is 24.0 Å². The summed E-state index contributed by atoms with van der Waals surface area (Å²) in [5.74, 6) is 0. The molecule has 1 aromatic heterocycles. The monoisotopic (exact) mass is 198 g/mol. The van der Waals surface area contributed by atoms with Crippen LogP contribution in [-0.2, 0) is 23.3 Å². The molecule has 14 heavy (non-hydrogen) atoms. The van der Waals surface area contributed by atoms with Gasteiger partial charge in [-0.2, -0.15) is 0 Å². The van der Waals surface area contributed by atoms with Gasteiger partial charge in [-0.25, -0.2) is 4.79 Å². The molecule has 1 saturated heterocycles.